The quantitative estimate of drug-likeness (QED) is 0.304. The number of tetrazole rings is 1. The molecule has 0 bridgehead atoms. The van der Waals surface area contributed by atoms with Crippen LogP contribution in [0.4, 0.5) is 10.8 Å². The highest BCUT2D eigenvalue weighted by atomic mass is 35.5. The average Bonchev–Trinajstić information content (AvgIpc) is 3.40. The molecule has 4 rings (SSSR count). The maximum atomic E-state index is 12.5. The van der Waals surface area contributed by atoms with Crippen LogP contribution in [0.25, 0.3) is 5.69 Å². The van der Waals surface area contributed by atoms with E-state index in [-0.39, 0.29) is 5.91 Å². The molecule has 2 heterocycles. The molecule has 0 unspecified atom stereocenters. The maximum Gasteiger partial charge on any atom is 0.230 e. The first kappa shape index (κ1) is 23.4. The predicted octanol–water partition coefficient (Wildman–Crippen LogP) is 5.98. The molecule has 0 saturated heterocycles. The lowest BCUT2D eigenvalue weighted by Crippen LogP contribution is -2.24. The number of thioether (sulfide) groups is 1. The third-order valence-electron chi connectivity index (χ3n) is 5.19. The second-order valence-electron chi connectivity index (χ2n) is 7.82. The van der Waals surface area contributed by atoms with Crippen LogP contribution in [0, 0.1) is 27.7 Å². The molecule has 0 fully saturated rings. The summed E-state index contributed by atoms with van der Waals surface area (Å²) in [6, 6.07) is 9.99. The van der Waals surface area contributed by atoms with Gasteiger partial charge in [-0.1, -0.05) is 35.5 Å². The van der Waals surface area contributed by atoms with Gasteiger partial charge in [-0.3, -0.25) is 9.69 Å². The number of carbonyl (C=O) groups is 1. The minimum atomic E-state index is -0.143. The lowest BCUT2D eigenvalue weighted by Gasteiger charge is -2.22. The van der Waals surface area contributed by atoms with E-state index in [1.165, 1.54) is 41.1 Å². The fourth-order valence-corrected chi connectivity index (χ4v) is 5.64. The average molecular weight is 499 g/mol. The minimum absolute atomic E-state index is 0.143. The summed E-state index contributed by atoms with van der Waals surface area (Å²) < 4.78 is 1.72. The van der Waals surface area contributed by atoms with E-state index in [0.717, 1.165) is 22.5 Å². The Kier molecular flexibility index (Phi) is 6.83. The van der Waals surface area contributed by atoms with Crippen LogP contribution < -0.4 is 4.90 Å². The van der Waals surface area contributed by atoms with Crippen molar-refractivity contribution in [2.75, 3.05) is 4.90 Å². The molecule has 0 aliphatic heterocycles. The fraction of sp³-hybridized carbons (Fsp3) is 0.261. The molecule has 0 N–H and O–H groups in total. The molecule has 0 aliphatic rings. The lowest BCUT2D eigenvalue weighted by molar-refractivity contribution is -0.115. The van der Waals surface area contributed by atoms with E-state index in [0.29, 0.717) is 26.8 Å². The predicted molar refractivity (Wildman–Crippen MR) is 134 cm³/mol. The molecule has 170 valence electrons. The molecule has 0 radical (unpaired) electrons. The van der Waals surface area contributed by atoms with E-state index in [2.05, 4.69) is 41.5 Å². The largest absolute Gasteiger partial charge is 0.274 e. The van der Waals surface area contributed by atoms with Crippen LogP contribution in [-0.4, -0.2) is 31.1 Å². The molecule has 0 aliphatic carbocycles. The number of hydrogen-bond acceptors (Lipinski definition) is 7. The van der Waals surface area contributed by atoms with Gasteiger partial charge in [0, 0.05) is 18.1 Å². The fourth-order valence-electron chi connectivity index (χ4n) is 3.47. The molecular formula is C23H23ClN6OS2. The van der Waals surface area contributed by atoms with Crippen molar-refractivity contribution in [2.45, 2.75) is 45.5 Å². The van der Waals surface area contributed by atoms with Gasteiger partial charge in [-0.25, -0.2) is 4.98 Å². The summed E-state index contributed by atoms with van der Waals surface area (Å²) in [5, 5.41) is 15.9. The monoisotopic (exact) mass is 498 g/mol. The number of nitrogens with zero attached hydrogens (tertiary/aromatic N) is 6. The van der Waals surface area contributed by atoms with Crippen molar-refractivity contribution < 1.29 is 4.79 Å². The summed E-state index contributed by atoms with van der Waals surface area (Å²) >= 11 is 9.41. The summed E-state index contributed by atoms with van der Waals surface area (Å²) in [6.45, 7) is 9.58. The van der Waals surface area contributed by atoms with Gasteiger partial charge in [0.15, 0.2) is 5.13 Å². The van der Waals surface area contributed by atoms with Gasteiger partial charge in [0.1, 0.15) is 0 Å². The van der Waals surface area contributed by atoms with Gasteiger partial charge in [0.05, 0.1) is 22.1 Å². The number of halogens is 1. The topological polar surface area (TPSA) is 76.8 Å². The lowest BCUT2D eigenvalue weighted by atomic mass is 10.1. The van der Waals surface area contributed by atoms with Gasteiger partial charge in [0.25, 0.3) is 0 Å². The van der Waals surface area contributed by atoms with E-state index in [4.69, 9.17) is 16.6 Å². The van der Waals surface area contributed by atoms with Crippen molar-refractivity contribution in [2.24, 2.45) is 0 Å². The summed E-state index contributed by atoms with van der Waals surface area (Å²) in [5.74, 6) is 0.421. The number of carbonyl (C=O) groups excluding carboxylic acids is 1. The van der Waals surface area contributed by atoms with Gasteiger partial charge < -0.3 is 0 Å². The second kappa shape index (κ2) is 9.62. The molecule has 1 amide bonds. The maximum absolute atomic E-state index is 12.5. The molecule has 4 aromatic rings. The number of thiazole rings is 1. The molecule has 10 heteroatoms. The van der Waals surface area contributed by atoms with Crippen molar-refractivity contribution in [1.29, 1.82) is 0 Å². The highest BCUT2D eigenvalue weighted by Gasteiger charge is 2.23. The summed E-state index contributed by atoms with van der Waals surface area (Å²) in [6.07, 6.45) is 0. The minimum Gasteiger partial charge on any atom is -0.274 e. The number of rotatable bonds is 6. The van der Waals surface area contributed by atoms with Crippen LogP contribution >= 0.6 is 34.7 Å². The number of aryl methyl sites for hydroxylation is 4. The van der Waals surface area contributed by atoms with Gasteiger partial charge in [-0.15, -0.1) is 16.4 Å². The Morgan fingerprint density at radius 3 is 2.61 bits per heavy atom. The van der Waals surface area contributed by atoms with Crippen molar-refractivity contribution in [3.63, 3.8) is 0 Å². The molecule has 0 atom stereocenters. The molecule has 2 aromatic heterocycles. The van der Waals surface area contributed by atoms with E-state index in [1.54, 1.807) is 9.58 Å². The van der Waals surface area contributed by atoms with Crippen molar-refractivity contribution in [1.82, 2.24) is 25.2 Å². The van der Waals surface area contributed by atoms with Gasteiger partial charge in [-0.05, 0) is 78.6 Å². The number of amides is 1. The summed E-state index contributed by atoms with van der Waals surface area (Å²) in [4.78, 5) is 18.8. The van der Waals surface area contributed by atoms with Crippen LogP contribution in [0.1, 0.15) is 34.9 Å². The van der Waals surface area contributed by atoms with Gasteiger partial charge in [0.2, 0.25) is 11.1 Å². The summed E-state index contributed by atoms with van der Waals surface area (Å²) in [5.41, 5.74) is 6.78. The molecular weight excluding hydrogens is 476 g/mol. The third kappa shape index (κ3) is 4.95. The molecule has 2 aromatic carbocycles. The SMILES string of the molecule is CC(=O)N(c1nc(CSc2nnnn2-c2ccc(C)c(C)c2)cs1)c1c(C)cc(C)cc1Cl. The number of anilines is 2. The molecule has 33 heavy (non-hydrogen) atoms. The van der Waals surface area contributed by atoms with Gasteiger partial charge >= 0.3 is 0 Å². The zero-order chi connectivity index (χ0) is 23.7. The van der Waals surface area contributed by atoms with Crippen molar-refractivity contribution in [3.05, 3.63) is 68.7 Å². The Morgan fingerprint density at radius 2 is 1.91 bits per heavy atom. The number of benzene rings is 2. The van der Waals surface area contributed by atoms with E-state index >= 15 is 0 Å². The Labute approximate surface area is 205 Å². The Morgan fingerprint density at radius 1 is 1.12 bits per heavy atom. The zero-order valence-corrected chi connectivity index (χ0v) is 21.3. The van der Waals surface area contributed by atoms with Gasteiger partial charge in [-0.2, -0.15) is 4.68 Å². The normalized spacial score (nSPS) is 11.1. The molecule has 7 nitrogen and oxygen atoms in total. The van der Waals surface area contributed by atoms with Crippen LogP contribution in [-0.2, 0) is 10.5 Å². The van der Waals surface area contributed by atoms with E-state index < -0.39 is 0 Å². The van der Waals surface area contributed by atoms with Crippen molar-refractivity contribution >= 4 is 51.4 Å². The first-order valence-corrected chi connectivity index (χ1v) is 12.5. The smallest absolute Gasteiger partial charge is 0.230 e. The first-order chi connectivity index (χ1) is 15.7. The van der Waals surface area contributed by atoms with Crippen molar-refractivity contribution in [3.8, 4) is 5.69 Å². The van der Waals surface area contributed by atoms with Crippen LogP contribution in [0.15, 0.2) is 40.9 Å². The Bertz CT molecular complexity index is 1310. The van der Waals surface area contributed by atoms with E-state index in [1.807, 2.05) is 37.4 Å². The second-order valence-corrected chi connectivity index (χ2v) is 10.0. The highest BCUT2D eigenvalue weighted by molar-refractivity contribution is 7.98. The summed E-state index contributed by atoms with van der Waals surface area (Å²) in [7, 11) is 0. The Balaban J connectivity index is 1.56. The third-order valence-corrected chi connectivity index (χ3v) is 7.31. The zero-order valence-electron chi connectivity index (χ0n) is 19.0. The van der Waals surface area contributed by atoms with Crippen LogP contribution in [0.2, 0.25) is 5.02 Å². The Hall–Kier alpha value is -2.75. The molecule has 0 spiro atoms. The molecule has 0 saturated carbocycles. The number of hydrogen-bond donors (Lipinski definition) is 0. The highest BCUT2D eigenvalue weighted by Crippen LogP contribution is 2.38. The van der Waals surface area contributed by atoms with E-state index in [9.17, 15) is 4.79 Å². The standard InChI is InChI=1S/C23H23ClN6OS2/c1-13-8-16(4)21(20(24)9-13)29(17(5)31)22-25-18(11-32-22)12-33-23-26-27-28-30(23)19-7-6-14(2)15(3)10-19/h6-11H,12H2,1-5H3. The van der Waals surface area contributed by atoms with Crippen LogP contribution in [0.5, 0.6) is 0 Å². The first-order valence-electron chi connectivity index (χ1n) is 10.2. The number of aromatic nitrogens is 5. The van der Waals surface area contributed by atoms with Crippen LogP contribution in [0.3, 0.4) is 0 Å².